The van der Waals surface area contributed by atoms with Crippen LogP contribution in [0.25, 0.3) is 10.8 Å². The third-order valence-corrected chi connectivity index (χ3v) is 5.72. The first kappa shape index (κ1) is 17.8. The van der Waals surface area contributed by atoms with Gasteiger partial charge in [0.15, 0.2) is 0 Å². The van der Waals surface area contributed by atoms with Crippen LogP contribution in [-0.4, -0.2) is 12.3 Å². The van der Waals surface area contributed by atoms with E-state index in [2.05, 4.69) is 78.6 Å². The molecule has 0 spiro atoms. The van der Waals surface area contributed by atoms with E-state index in [4.69, 9.17) is 0 Å². The number of Topliss-reactive ketones (excluding diaryl/α,β-unsaturated/α-hetero) is 1. The van der Waals surface area contributed by atoms with E-state index in [1.807, 2.05) is 0 Å². The molecule has 1 unspecified atom stereocenters. The Hall–Kier alpha value is -2.61. The van der Waals surface area contributed by atoms with Gasteiger partial charge in [-0.05, 0) is 35.4 Å². The first-order chi connectivity index (χ1) is 13.3. The van der Waals surface area contributed by atoms with Crippen molar-refractivity contribution in [2.75, 3.05) is 11.4 Å². The highest BCUT2D eigenvalue weighted by atomic mass is 16.1. The molecule has 2 heteroatoms. The summed E-state index contributed by atoms with van der Waals surface area (Å²) in [5.74, 6) is 0.379. The lowest BCUT2D eigenvalue weighted by atomic mass is 9.88. The molecule has 0 N–H and O–H groups in total. The van der Waals surface area contributed by atoms with E-state index in [0.29, 0.717) is 18.6 Å². The van der Waals surface area contributed by atoms with E-state index in [1.165, 1.54) is 27.6 Å². The molecule has 0 amide bonds. The average Bonchev–Trinajstić information content (AvgIpc) is 2.72. The van der Waals surface area contributed by atoms with Gasteiger partial charge in [0, 0.05) is 30.5 Å². The number of benzene rings is 3. The van der Waals surface area contributed by atoms with Crippen LogP contribution in [-0.2, 0) is 11.2 Å². The fourth-order valence-electron chi connectivity index (χ4n) is 4.31. The summed E-state index contributed by atoms with van der Waals surface area (Å²) in [7, 11) is 0. The van der Waals surface area contributed by atoms with Gasteiger partial charge in [0.25, 0.3) is 0 Å². The van der Waals surface area contributed by atoms with E-state index in [9.17, 15) is 4.79 Å². The summed E-state index contributed by atoms with van der Waals surface area (Å²) < 4.78 is 0. The standard InChI is InChI=1S/C25H27NO/c1-2-3-12-21(27)18-25-23-14-7-5-10-20(23)16-17-26(25)24-15-8-11-19-9-4-6-13-22(19)24/h4-11,13-15,25H,2-3,12,16-18H2,1H3. The van der Waals surface area contributed by atoms with Gasteiger partial charge in [0.2, 0.25) is 0 Å². The van der Waals surface area contributed by atoms with E-state index >= 15 is 0 Å². The predicted octanol–water partition coefficient (Wildman–Crippen LogP) is 6.09. The summed E-state index contributed by atoms with van der Waals surface area (Å²) in [6, 6.07) is 23.8. The van der Waals surface area contributed by atoms with Crippen molar-refractivity contribution in [3.05, 3.63) is 77.9 Å². The lowest BCUT2D eigenvalue weighted by Crippen LogP contribution is -2.36. The molecular weight excluding hydrogens is 330 g/mol. The van der Waals surface area contributed by atoms with Gasteiger partial charge < -0.3 is 4.90 Å². The zero-order chi connectivity index (χ0) is 18.6. The zero-order valence-corrected chi connectivity index (χ0v) is 16.0. The summed E-state index contributed by atoms with van der Waals surface area (Å²) in [5, 5.41) is 2.52. The monoisotopic (exact) mass is 357 g/mol. The maximum Gasteiger partial charge on any atom is 0.135 e. The van der Waals surface area contributed by atoms with E-state index in [0.717, 1.165) is 25.8 Å². The summed E-state index contributed by atoms with van der Waals surface area (Å²) in [4.78, 5) is 15.2. The molecule has 1 aliphatic rings. The van der Waals surface area contributed by atoms with Gasteiger partial charge in [-0.3, -0.25) is 4.79 Å². The third kappa shape index (κ3) is 3.62. The van der Waals surface area contributed by atoms with Crippen molar-refractivity contribution < 1.29 is 4.79 Å². The molecule has 138 valence electrons. The highest BCUT2D eigenvalue weighted by Crippen LogP contribution is 2.39. The van der Waals surface area contributed by atoms with Crippen LogP contribution in [0.4, 0.5) is 5.69 Å². The number of unbranched alkanes of at least 4 members (excludes halogenated alkanes) is 1. The normalized spacial score (nSPS) is 16.3. The van der Waals surface area contributed by atoms with Crippen LogP contribution in [0.5, 0.6) is 0 Å². The molecule has 2 nitrogen and oxygen atoms in total. The second-order valence-electron chi connectivity index (χ2n) is 7.50. The van der Waals surface area contributed by atoms with Crippen molar-refractivity contribution in [2.45, 2.75) is 45.1 Å². The van der Waals surface area contributed by atoms with Gasteiger partial charge in [0.05, 0.1) is 6.04 Å². The first-order valence-corrected chi connectivity index (χ1v) is 10.1. The fourth-order valence-corrected chi connectivity index (χ4v) is 4.31. The zero-order valence-electron chi connectivity index (χ0n) is 16.0. The number of ketones is 1. The summed E-state index contributed by atoms with van der Waals surface area (Å²) >= 11 is 0. The van der Waals surface area contributed by atoms with Gasteiger partial charge >= 0.3 is 0 Å². The largest absolute Gasteiger partial charge is 0.363 e. The number of fused-ring (bicyclic) bond motifs is 2. The van der Waals surface area contributed by atoms with Crippen LogP contribution >= 0.6 is 0 Å². The molecule has 4 rings (SSSR count). The number of anilines is 1. The second-order valence-corrected chi connectivity index (χ2v) is 7.50. The van der Waals surface area contributed by atoms with Crippen LogP contribution in [0.2, 0.25) is 0 Å². The molecule has 0 saturated carbocycles. The van der Waals surface area contributed by atoms with E-state index in [1.54, 1.807) is 0 Å². The molecule has 3 aromatic carbocycles. The number of rotatable bonds is 6. The lowest BCUT2D eigenvalue weighted by Gasteiger charge is -2.39. The Kier molecular flexibility index (Phi) is 5.24. The topological polar surface area (TPSA) is 20.3 Å². The number of hydrogen-bond acceptors (Lipinski definition) is 2. The molecule has 3 aromatic rings. The molecule has 0 saturated heterocycles. The molecule has 1 aliphatic heterocycles. The Morgan fingerprint density at radius 3 is 2.67 bits per heavy atom. The smallest absolute Gasteiger partial charge is 0.135 e. The number of carbonyl (C=O) groups is 1. The van der Waals surface area contributed by atoms with Gasteiger partial charge in [-0.25, -0.2) is 0 Å². The number of carbonyl (C=O) groups excluding carboxylic acids is 1. The van der Waals surface area contributed by atoms with Gasteiger partial charge in [-0.2, -0.15) is 0 Å². The molecule has 1 atom stereocenters. The Balaban J connectivity index is 1.75. The molecular formula is C25H27NO. The van der Waals surface area contributed by atoms with E-state index in [-0.39, 0.29) is 6.04 Å². The molecule has 0 radical (unpaired) electrons. The van der Waals surface area contributed by atoms with E-state index < -0.39 is 0 Å². The van der Waals surface area contributed by atoms with Crippen LogP contribution in [0, 0.1) is 0 Å². The maximum absolute atomic E-state index is 12.7. The van der Waals surface area contributed by atoms with Crippen molar-refractivity contribution in [1.29, 1.82) is 0 Å². The molecule has 0 aromatic heterocycles. The SMILES string of the molecule is CCCCC(=O)CC1c2ccccc2CCN1c1cccc2ccccc12. The number of nitrogens with zero attached hydrogens (tertiary/aromatic N) is 1. The second kappa shape index (κ2) is 7.96. The molecule has 0 bridgehead atoms. The first-order valence-electron chi connectivity index (χ1n) is 10.1. The Labute approximate surface area is 161 Å². The summed E-state index contributed by atoms with van der Waals surface area (Å²) in [6.07, 6.45) is 4.37. The Bertz CT molecular complexity index is 940. The van der Waals surface area contributed by atoms with Crippen molar-refractivity contribution >= 4 is 22.2 Å². The highest BCUT2D eigenvalue weighted by Gasteiger charge is 2.29. The fraction of sp³-hybridized carbons (Fsp3) is 0.320. The Morgan fingerprint density at radius 1 is 1.00 bits per heavy atom. The van der Waals surface area contributed by atoms with Crippen LogP contribution in [0.1, 0.15) is 49.8 Å². The van der Waals surface area contributed by atoms with Crippen LogP contribution < -0.4 is 4.90 Å². The lowest BCUT2D eigenvalue weighted by molar-refractivity contribution is -0.119. The molecule has 1 heterocycles. The van der Waals surface area contributed by atoms with Gasteiger partial charge in [0.1, 0.15) is 5.78 Å². The van der Waals surface area contributed by atoms with Crippen molar-refractivity contribution in [3.8, 4) is 0 Å². The Morgan fingerprint density at radius 2 is 1.78 bits per heavy atom. The van der Waals surface area contributed by atoms with Crippen molar-refractivity contribution in [2.24, 2.45) is 0 Å². The van der Waals surface area contributed by atoms with Crippen molar-refractivity contribution in [1.82, 2.24) is 0 Å². The molecule has 27 heavy (non-hydrogen) atoms. The minimum absolute atomic E-state index is 0.130. The average molecular weight is 357 g/mol. The minimum atomic E-state index is 0.130. The quantitative estimate of drug-likeness (QED) is 0.532. The van der Waals surface area contributed by atoms with Crippen molar-refractivity contribution in [3.63, 3.8) is 0 Å². The van der Waals surface area contributed by atoms with Gasteiger partial charge in [-0.15, -0.1) is 0 Å². The van der Waals surface area contributed by atoms with Crippen LogP contribution in [0.3, 0.4) is 0 Å². The molecule has 0 aliphatic carbocycles. The molecule has 0 fully saturated rings. The van der Waals surface area contributed by atoms with Gasteiger partial charge in [-0.1, -0.05) is 74.0 Å². The summed E-state index contributed by atoms with van der Waals surface area (Å²) in [6.45, 7) is 3.10. The number of hydrogen-bond donors (Lipinski definition) is 0. The minimum Gasteiger partial charge on any atom is -0.363 e. The van der Waals surface area contributed by atoms with Crippen LogP contribution in [0.15, 0.2) is 66.7 Å². The maximum atomic E-state index is 12.7. The predicted molar refractivity (Wildman–Crippen MR) is 113 cm³/mol. The highest BCUT2D eigenvalue weighted by molar-refractivity contribution is 5.95. The third-order valence-electron chi connectivity index (χ3n) is 5.72. The summed E-state index contributed by atoms with van der Waals surface area (Å²) in [5.41, 5.74) is 3.96.